The van der Waals surface area contributed by atoms with Crippen molar-refractivity contribution in [2.45, 2.75) is 6.42 Å². The zero-order chi connectivity index (χ0) is 18.4. The maximum Gasteiger partial charge on any atom is 0.254 e. The fraction of sp³-hybridized carbons (Fsp3) is 0.350. The molecular weight excluding hydrogens is 336 g/mol. The van der Waals surface area contributed by atoms with Gasteiger partial charge in [0.2, 0.25) is 0 Å². The van der Waals surface area contributed by atoms with Gasteiger partial charge in [0.1, 0.15) is 11.6 Å². The van der Waals surface area contributed by atoms with Gasteiger partial charge in [-0.2, -0.15) is 0 Å². The van der Waals surface area contributed by atoms with Gasteiger partial charge in [-0.3, -0.25) is 9.69 Å². The molecule has 0 bridgehead atoms. The zero-order valence-corrected chi connectivity index (χ0v) is 14.6. The summed E-state index contributed by atoms with van der Waals surface area (Å²) in [5.41, 5.74) is 0.998. The van der Waals surface area contributed by atoms with Crippen molar-refractivity contribution in [2.24, 2.45) is 0 Å². The van der Waals surface area contributed by atoms with Crippen molar-refractivity contribution >= 4 is 11.6 Å². The molecule has 1 amide bonds. The predicted octanol–water partition coefficient (Wildman–Crippen LogP) is 2.91. The van der Waals surface area contributed by atoms with Crippen LogP contribution in [0.5, 0.6) is 0 Å². The van der Waals surface area contributed by atoms with Gasteiger partial charge in [0.25, 0.3) is 5.91 Å². The van der Waals surface area contributed by atoms with E-state index in [-0.39, 0.29) is 5.56 Å². The van der Waals surface area contributed by atoms with Crippen LogP contribution < -0.4 is 10.2 Å². The summed E-state index contributed by atoms with van der Waals surface area (Å²) in [6.45, 7) is 5.21. The molecule has 1 aliphatic heterocycles. The zero-order valence-electron chi connectivity index (χ0n) is 14.6. The first-order chi connectivity index (χ1) is 12.6. The quantitative estimate of drug-likeness (QED) is 0.806. The summed E-state index contributed by atoms with van der Waals surface area (Å²) in [4.78, 5) is 16.7. The molecule has 0 aliphatic carbocycles. The van der Waals surface area contributed by atoms with E-state index in [1.165, 1.54) is 5.69 Å². The molecule has 3 rings (SSSR count). The molecule has 1 aliphatic rings. The van der Waals surface area contributed by atoms with Crippen LogP contribution in [0.3, 0.4) is 0 Å². The smallest absolute Gasteiger partial charge is 0.254 e. The van der Waals surface area contributed by atoms with Crippen molar-refractivity contribution in [3.63, 3.8) is 0 Å². The number of amides is 1. The molecule has 0 atom stereocenters. The second-order valence-electron chi connectivity index (χ2n) is 6.40. The highest BCUT2D eigenvalue weighted by atomic mass is 19.1. The number of piperazine rings is 1. The Balaban J connectivity index is 1.37. The van der Waals surface area contributed by atoms with Gasteiger partial charge in [-0.15, -0.1) is 0 Å². The summed E-state index contributed by atoms with van der Waals surface area (Å²) < 4.78 is 26.7. The molecule has 1 heterocycles. The fourth-order valence-corrected chi connectivity index (χ4v) is 3.14. The number of hydrogen-bond acceptors (Lipinski definition) is 3. The monoisotopic (exact) mass is 359 g/mol. The van der Waals surface area contributed by atoms with Crippen LogP contribution in [0, 0.1) is 11.6 Å². The lowest BCUT2D eigenvalue weighted by molar-refractivity contribution is 0.0947. The van der Waals surface area contributed by atoms with E-state index in [4.69, 9.17) is 0 Å². The van der Waals surface area contributed by atoms with Crippen LogP contribution in [0.2, 0.25) is 0 Å². The molecule has 2 aromatic rings. The number of anilines is 1. The Hall–Kier alpha value is -2.47. The summed E-state index contributed by atoms with van der Waals surface area (Å²) in [5.74, 6) is -1.90. The van der Waals surface area contributed by atoms with E-state index in [2.05, 4.69) is 27.2 Å². The molecule has 0 aromatic heterocycles. The van der Waals surface area contributed by atoms with E-state index in [9.17, 15) is 13.6 Å². The standard InChI is InChI=1S/C20H23F2N3O/c21-16-7-8-19(22)18(15-16)20(26)23-9-4-10-24-11-13-25(14-12-24)17-5-2-1-3-6-17/h1-3,5-8,15H,4,9-14H2,(H,23,26). The van der Waals surface area contributed by atoms with Gasteiger partial charge in [0.15, 0.2) is 0 Å². The van der Waals surface area contributed by atoms with Crippen molar-refractivity contribution in [2.75, 3.05) is 44.2 Å². The largest absolute Gasteiger partial charge is 0.369 e. The predicted molar refractivity (Wildman–Crippen MR) is 98.4 cm³/mol. The SMILES string of the molecule is O=C(NCCCN1CCN(c2ccccc2)CC1)c1cc(F)ccc1F. The van der Waals surface area contributed by atoms with Crippen LogP contribution in [0.4, 0.5) is 14.5 Å². The van der Waals surface area contributed by atoms with Gasteiger partial charge in [-0.25, -0.2) is 8.78 Å². The second-order valence-corrected chi connectivity index (χ2v) is 6.40. The Morgan fingerprint density at radius 1 is 1.00 bits per heavy atom. The van der Waals surface area contributed by atoms with E-state index in [0.717, 1.165) is 57.3 Å². The molecule has 4 nitrogen and oxygen atoms in total. The summed E-state index contributed by atoms with van der Waals surface area (Å²) in [5, 5.41) is 2.66. The lowest BCUT2D eigenvalue weighted by atomic mass is 10.2. The molecule has 1 N–H and O–H groups in total. The average molecular weight is 359 g/mol. The van der Waals surface area contributed by atoms with E-state index < -0.39 is 17.5 Å². The molecule has 138 valence electrons. The van der Waals surface area contributed by atoms with Gasteiger partial charge in [0.05, 0.1) is 5.56 Å². The van der Waals surface area contributed by atoms with Gasteiger partial charge >= 0.3 is 0 Å². The lowest BCUT2D eigenvalue weighted by Gasteiger charge is -2.36. The Labute approximate surface area is 152 Å². The molecule has 26 heavy (non-hydrogen) atoms. The molecule has 1 fully saturated rings. The third-order valence-corrected chi connectivity index (χ3v) is 4.60. The normalized spacial score (nSPS) is 15.1. The van der Waals surface area contributed by atoms with E-state index in [0.29, 0.717) is 6.54 Å². The average Bonchev–Trinajstić information content (AvgIpc) is 2.68. The minimum Gasteiger partial charge on any atom is -0.369 e. The molecule has 0 unspecified atom stereocenters. The first kappa shape index (κ1) is 18.3. The number of carbonyl (C=O) groups excluding carboxylic acids is 1. The fourth-order valence-electron chi connectivity index (χ4n) is 3.14. The van der Waals surface area contributed by atoms with Crippen molar-refractivity contribution in [1.82, 2.24) is 10.2 Å². The first-order valence-corrected chi connectivity index (χ1v) is 8.89. The van der Waals surface area contributed by atoms with Gasteiger partial charge in [-0.1, -0.05) is 18.2 Å². The number of hydrogen-bond donors (Lipinski definition) is 1. The molecular formula is C20H23F2N3O. The van der Waals surface area contributed by atoms with E-state index >= 15 is 0 Å². The number of carbonyl (C=O) groups is 1. The van der Waals surface area contributed by atoms with E-state index in [1.54, 1.807) is 0 Å². The highest BCUT2D eigenvalue weighted by molar-refractivity contribution is 5.94. The third-order valence-electron chi connectivity index (χ3n) is 4.60. The maximum absolute atomic E-state index is 13.6. The van der Waals surface area contributed by atoms with Crippen LogP contribution in [0.25, 0.3) is 0 Å². The minimum atomic E-state index is -0.707. The molecule has 6 heteroatoms. The van der Waals surface area contributed by atoms with Crippen LogP contribution in [-0.2, 0) is 0 Å². The Bertz CT molecular complexity index is 731. The van der Waals surface area contributed by atoms with Gasteiger partial charge in [-0.05, 0) is 43.3 Å². The Morgan fingerprint density at radius 3 is 2.46 bits per heavy atom. The van der Waals surface area contributed by atoms with Crippen LogP contribution in [-0.4, -0.2) is 50.1 Å². The van der Waals surface area contributed by atoms with Crippen molar-refractivity contribution in [3.05, 3.63) is 65.7 Å². The van der Waals surface area contributed by atoms with Crippen molar-refractivity contribution in [1.29, 1.82) is 0 Å². The van der Waals surface area contributed by atoms with Crippen LogP contribution >= 0.6 is 0 Å². The van der Waals surface area contributed by atoms with Gasteiger partial charge in [0, 0.05) is 38.4 Å². The molecule has 0 spiro atoms. The van der Waals surface area contributed by atoms with Crippen LogP contribution in [0.1, 0.15) is 16.8 Å². The highest BCUT2D eigenvalue weighted by Gasteiger charge is 2.17. The minimum absolute atomic E-state index is 0.249. The summed E-state index contributed by atoms with van der Waals surface area (Å²) in [7, 11) is 0. The van der Waals surface area contributed by atoms with Crippen molar-refractivity contribution in [3.8, 4) is 0 Å². The molecule has 0 radical (unpaired) electrons. The Kier molecular flexibility index (Phi) is 6.17. The van der Waals surface area contributed by atoms with Crippen molar-refractivity contribution < 1.29 is 13.6 Å². The molecule has 2 aromatic carbocycles. The topological polar surface area (TPSA) is 35.6 Å². The number of nitrogens with zero attached hydrogens (tertiary/aromatic N) is 2. The van der Waals surface area contributed by atoms with E-state index in [1.807, 2.05) is 18.2 Å². The summed E-state index contributed by atoms with van der Waals surface area (Å²) in [6.07, 6.45) is 0.772. The number of benzene rings is 2. The Morgan fingerprint density at radius 2 is 1.73 bits per heavy atom. The number of nitrogens with one attached hydrogen (secondary N) is 1. The number of rotatable bonds is 6. The second kappa shape index (κ2) is 8.76. The molecule has 1 saturated heterocycles. The highest BCUT2D eigenvalue weighted by Crippen LogP contribution is 2.15. The number of halogens is 2. The van der Waals surface area contributed by atoms with Crippen LogP contribution in [0.15, 0.2) is 48.5 Å². The molecule has 0 saturated carbocycles. The number of para-hydroxylation sites is 1. The first-order valence-electron chi connectivity index (χ1n) is 8.89. The summed E-state index contributed by atoms with van der Waals surface area (Å²) >= 11 is 0. The lowest BCUT2D eigenvalue weighted by Crippen LogP contribution is -2.47. The summed E-state index contributed by atoms with van der Waals surface area (Å²) in [6, 6.07) is 13.3. The maximum atomic E-state index is 13.6. The van der Waals surface area contributed by atoms with Gasteiger partial charge < -0.3 is 10.2 Å². The third kappa shape index (κ3) is 4.79.